The van der Waals surface area contributed by atoms with Gasteiger partial charge >= 0.3 is 0 Å². The molecule has 1 aliphatic rings. The number of rotatable bonds is 4. The molecule has 0 radical (unpaired) electrons. The molecule has 0 aliphatic carbocycles. The first-order valence-corrected chi connectivity index (χ1v) is 10.2. The maximum Gasteiger partial charge on any atom is 0.227 e. The first kappa shape index (κ1) is 17.7. The van der Waals surface area contributed by atoms with Crippen LogP contribution in [0, 0.1) is 0 Å². The van der Waals surface area contributed by atoms with E-state index in [-0.39, 0.29) is 11.7 Å². The van der Waals surface area contributed by atoms with Crippen molar-refractivity contribution in [2.75, 3.05) is 5.75 Å². The number of hydrogen-bond donors (Lipinski definition) is 1. The van der Waals surface area contributed by atoms with E-state index in [2.05, 4.69) is 23.2 Å². The molecule has 5 nitrogen and oxygen atoms in total. The largest absolute Gasteiger partial charge is 0.438 e. The Morgan fingerprint density at radius 2 is 1.76 bits per heavy atom. The number of fused-ring (bicyclic) bond motifs is 4. The van der Waals surface area contributed by atoms with Crippen LogP contribution in [-0.2, 0) is 11.2 Å². The molecule has 1 aromatic heterocycles. The normalized spacial score (nSPS) is 12.1. The van der Waals surface area contributed by atoms with Crippen LogP contribution in [0.1, 0.15) is 11.1 Å². The minimum atomic E-state index is -0.383. The van der Waals surface area contributed by atoms with Gasteiger partial charge in [0.2, 0.25) is 11.8 Å². The summed E-state index contributed by atoms with van der Waals surface area (Å²) in [5.74, 6) is 1.68. The van der Waals surface area contributed by atoms with Gasteiger partial charge < -0.3 is 10.5 Å². The molecule has 142 valence electrons. The smallest absolute Gasteiger partial charge is 0.227 e. The second-order valence-electron chi connectivity index (χ2n) is 6.80. The molecule has 0 fully saturated rings. The van der Waals surface area contributed by atoms with Crippen LogP contribution < -0.4 is 10.5 Å². The number of thioether (sulfide) groups is 1. The SMILES string of the molecule is NC(=O)CSc1nc(-c2ccccc2)nc2c1Cc1c(ccc3ccccc13)O2. The van der Waals surface area contributed by atoms with Crippen LogP contribution in [0.15, 0.2) is 71.8 Å². The van der Waals surface area contributed by atoms with Crippen LogP contribution in [0.4, 0.5) is 0 Å². The summed E-state index contributed by atoms with van der Waals surface area (Å²) in [6.07, 6.45) is 0.641. The van der Waals surface area contributed by atoms with Crippen molar-refractivity contribution in [2.45, 2.75) is 11.4 Å². The van der Waals surface area contributed by atoms with Crippen molar-refractivity contribution in [3.63, 3.8) is 0 Å². The number of carbonyl (C=O) groups is 1. The number of benzene rings is 3. The van der Waals surface area contributed by atoms with Gasteiger partial charge in [0.25, 0.3) is 0 Å². The molecule has 29 heavy (non-hydrogen) atoms. The predicted octanol–water partition coefficient (Wildman–Crippen LogP) is 4.57. The van der Waals surface area contributed by atoms with E-state index in [4.69, 9.17) is 15.5 Å². The zero-order valence-electron chi connectivity index (χ0n) is 15.5. The highest BCUT2D eigenvalue weighted by atomic mass is 32.2. The summed E-state index contributed by atoms with van der Waals surface area (Å²) in [6.45, 7) is 0. The van der Waals surface area contributed by atoms with Crippen molar-refractivity contribution in [1.29, 1.82) is 0 Å². The quantitative estimate of drug-likeness (QED) is 0.354. The van der Waals surface area contributed by atoms with Crippen molar-refractivity contribution in [1.82, 2.24) is 9.97 Å². The van der Waals surface area contributed by atoms with Gasteiger partial charge in [-0.05, 0) is 16.8 Å². The number of amides is 1. The molecule has 6 heteroatoms. The summed E-state index contributed by atoms with van der Waals surface area (Å²) in [4.78, 5) is 20.8. The Labute approximate surface area is 171 Å². The predicted molar refractivity (Wildman–Crippen MR) is 114 cm³/mol. The van der Waals surface area contributed by atoms with Crippen LogP contribution in [0.2, 0.25) is 0 Å². The van der Waals surface area contributed by atoms with Crippen molar-refractivity contribution in [3.05, 3.63) is 77.9 Å². The number of primary amides is 1. The average molecular weight is 399 g/mol. The molecule has 4 aromatic rings. The van der Waals surface area contributed by atoms with Gasteiger partial charge in [-0.1, -0.05) is 72.4 Å². The molecule has 3 aromatic carbocycles. The van der Waals surface area contributed by atoms with Crippen molar-refractivity contribution < 1.29 is 9.53 Å². The van der Waals surface area contributed by atoms with E-state index in [1.54, 1.807) is 0 Å². The van der Waals surface area contributed by atoms with Gasteiger partial charge in [-0.25, -0.2) is 4.98 Å². The molecule has 0 saturated heterocycles. The first-order chi connectivity index (χ1) is 14.2. The number of nitrogens with zero attached hydrogens (tertiary/aromatic N) is 2. The molecule has 5 rings (SSSR count). The lowest BCUT2D eigenvalue weighted by atomic mass is 9.97. The van der Waals surface area contributed by atoms with E-state index < -0.39 is 0 Å². The van der Waals surface area contributed by atoms with Crippen molar-refractivity contribution in [2.24, 2.45) is 5.73 Å². The summed E-state index contributed by atoms with van der Waals surface area (Å²) in [5, 5.41) is 3.03. The molecular formula is C23H17N3O2S. The second kappa shape index (κ2) is 7.22. The lowest BCUT2D eigenvalue weighted by molar-refractivity contribution is -0.115. The third-order valence-electron chi connectivity index (χ3n) is 4.87. The van der Waals surface area contributed by atoms with Crippen molar-refractivity contribution in [3.8, 4) is 23.0 Å². The van der Waals surface area contributed by atoms with Gasteiger partial charge in [0.1, 0.15) is 10.8 Å². The fourth-order valence-corrected chi connectivity index (χ4v) is 4.29. The van der Waals surface area contributed by atoms with E-state index in [1.807, 2.05) is 48.5 Å². The zero-order valence-corrected chi connectivity index (χ0v) is 16.3. The number of nitrogens with two attached hydrogens (primary N) is 1. The maximum absolute atomic E-state index is 11.4. The standard InChI is InChI=1S/C23H17N3O2S/c24-20(27)13-29-23-18-12-17-16-9-5-4-6-14(16)10-11-19(17)28-22(18)25-21(26-23)15-7-2-1-3-8-15/h1-11H,12-13H2,(H2,24,27). The molecule has 0 saturated carbocycles. The lowest BCUT2D eigenvalue weighted by Crippen LogP contribution is -2.14. The first-order valence-electron chi connectivity index (χ1n) is 9.25. The van der Waals surface area contributed by atoms with Gasteiger partial charge in [-0.15, -0.1) is 0 Å². The van der Waals surface area contributed by atoms with Gasteiger partial charge in [-0.2, -0.15) is 4.98 Å². The topological polar surface area (TPSA) is 78.1 Å². The van der Waals surface area contributed by atoms with Crippen LogP contribution in [0.5, 0.6) is 11.6 Å². The Morgan fingerprint density at radius 3 is 2.59 bits per heavy atom. The Kier molecular flexibility index (Phi) is 4.41. The Bertz CT molecular complexity index is 1240. The number of ether oxygens (including phenoxy) is 1. The Balaban J connectivity index is 1.65. The molecule has 0 bridgehead atoms. The third-order valence-corrected chi connectivity index (χ3v) is 5.91. The van der Waals surface area contributed by atoms with Crippen molar-refractivity contribution >= 4 is 28.4 Å². The minimum absolute atomic E-state index is 0.153. The summed E-state index contributed by atoms with van der Waals surface area (Å²) in [5.41, 5.74) is 8.27. The molecule has 0 spiro atoms. The van der Waals surface area contributed by atoms with Gasteiger partial charge in [-0.3, -0.25) is 4.79 Å². The van der Waals surface area contributed by atoms with Crippen LogP contribution >= 0.6 is 11.8 Å². The van der Waals surface area contributed by atoms with Gasteiger partial charge in [0.05, 0.1) is 11.3 Å². The molecular weight excluding hydrogens is 382 g/mol. The van der Waals surface area contributed by atoms with E-state index in [1.165, 1.54) is 11.8 Å². The van der Waals surface area contributed by atoms with Gasteiger partial charge in [0, 0.05) is 17.5 Å². The fraction of sp³-hybridized carbons (Fsp3) is 0.0870. The highest BCUT2D eigenvalue weighted by molar-refractivity contribution is 7.99. The lowest BCUT2D eigenvalue weighted by Gasteiger charge is -2.23. The molecule has 2 N–H and O–H groups in total. The van der Waals surface area contributed by atoms with E-state index in [0.29, 0.717) is 18.1 Å². The van der Waals surface area contributed by atoms with E-state index in [9.17, 15) is 4.79 Å². The summed E-state index contributed by atoms with van der Waals surface area (Å²) < 4.78 is 6.21. The molecule has 1 amide bonds. The molecule has 1 aliphatic heterocycles. The summed E-state index contributed by atoms with van der Waals surface area (Å²) in [6, 6.07) is 22.0. The third kappa shape index (κ3) is 3.32. The van der Waals surface area contributed by atoms with Gasteiger partial charge in [0.15, 0.2) is 5.82 Å². The highest BCUT2D eigenvalue weighted by Gasteiger charge is 2.25. The summed E-state index contributed by atoms with van der Waals surface area (Å²) >= 11 is 1.33. The van der Waals surface area contributed by atoms with Crippen LogP contribution in [0.3, 0.4) is 0 Å². The number of aromatic nitrogens is 2. The summed E-state index contributed by atoms with van der Waals surface area (Å²) in [7, 11) is 0. The average Bonchev–Trinajstić information content (AvgIpc) is 2.76. The zero-order chi connectivity index (χ0) is 19.8. The van der Waals surface area contributed by atoms with Crippen LogP contribution in [0.25, 0.3) is 22.2 Å². The van der Waals surface area contributed by atoms with E-state index in [0.717, 1.165) is 38.2 Å². The fourth-order valence-electron chi connectivity index (χ4n) is 3.53. The highest BCUT2D eigenvalue weighted by Crippen LogP contribution is 2.42. The van der Waals surface area contributed by atoms with Crippen LogP contribution in [-0.4, -0.2) is 21.6 Å². The Morgan fingerprint density at radius 1 is 0.966 bits per heavy atom. The minimum Gasteiger partial charge on any atom is -0.438 e. The maximum atomic E-state index is 11.4. The molecule has 0 atom stereocenters. The Hall–Kier alpha value is -3.38. The number of hydrogen-bond acceptors (Lipinski definition) is 5. The molecule has 2 heterocycles. The molecule has 0 unspecified atom stereocenters. The second-order valence-corrected chi connectivity index (χ2v) is 7.76. The monoisotopic (exact) mass is 399 g/mol. The number of carbonyl (C=O) groups excluding carboxylic acids is 1. The van der Waals surface area contributed by atoms with E-state index >= 15 is 0 Å².